The zero-order valence-electron chi connectivity index (χ0n) is 12.9. The first-order chi connectivity index (χ1) is 9.41. The van der Waals surface area contributed by atoms with Gasteiger partial charge in [0.1, 0.15) is 0 Å². The fraction of sp³-hybridized carbons (Fsp3) is 0.867. The Morgan fingerprint density at radius 2 is 2.00 bits per heavy atom. The topological polar surface area (TPSA) is 61.4 Å². The molecule has 0 spiro atoms. The van der Waals surface area contributed by atoms with Gasteiger partial charge in [0, 0.05) is 18.5 Å². The maximum atomic E-state index is 12.6. The Bertz CT molecular complexity index is 371. The quantitative estimate of drug-likeness (QED) is 0.782. The van der Waals surface area contributed by atoms with Gasteiger partial charge in [-0.2, -0.15) is 0 Å². The molecule has 2 N–H and O–H groups in total. The van der Waals surface area contributed by atoms with Gasteiger partial charge in [-0.15, -0.1) is 0 Å². The van der Waals surface area contributed by atoms with Gasteiger partial charge < -0.3 is 15.5 Å². The van der Waals surface area contributed by atoms with Crippen molar-refractivity contribution in [3.05, 3.63) is 0 Å². The van der Waals surface area contributed by atoms with Gasteiger partial charge in [0.15, 0.2) is 0 Å². The highest BCUT2D eigenvalue weighted by Gasteiger charge is 2.39. The van der Waals surface area contributed by atoms with Crippen LogP contribution in [0, 0.1) is 11.3 Å². The Morgan fingerprint density at radius 3 is 2.55 bits per heavy atom. The smallest absolute Gasteiger partial charge is 0.239 e. The zero-order valence-corrected chi connectivity index (χ0v) is 12.9. The van der Waals surface area contributed by atoms with Gasteiger partial charge in [-0.05, 0) is 44.7 Å². The standard InChI is InChI=1S/C15H27N3O2/c1-15(2,11-5-4-8-16-9-11)14(20)18(3)10-13(19)17-12-6-7-12/h11-12,16H,4-10H2,1-3H3,(H,17,19). The van der Waals surface area contributed by atoms with Crippen LogP contribution < -0.4 is 10.6 Å². The lowest BCUT2D eigenvalue weighted by atomic mass is 9.74. The maximum Gasteiger partial charge on any atom is 0.239 e. The van der Waals surface area contributed by atoms with Crippen LogP contribution in [-0.2, 0) is 9.59 Å². The van der Waals surface area contributed by atoms with Gasteiger partial charge in [-0.1, -0.05) is 13.8 Å². The van der Waals surface area contributed by atoms with E-state index in [0.29, 0.717) is 12.0 Å². The summed E-state index contributed by atoms with van der Waals surface area (Å²) in [5.74, 6) is 0.371. The summed E-state index contributed by atoms with van der Waals surface area (Å²) in [5.41, 5.74) is -0.415. The second kappa shape index (κ2) is 6.12. The van der Waals surface area contributed by atoms with Crippen LogP contribution in [0.4, 0.5) is 0 Å². The molecule has 1 saturated carbocycles. The number of carbonyl (C=O) groups is 2. The van der Waals surface area contributed by atoms with Crippen molar-refractivity contribution in [2.45, 2.75) is 45.6 Å². The van der Waals surface area contributed by atoms with E-state index in [4.69, 9.17) is 0 Å². The van der Waals surface area contributed by atoms with Gasteiger partial charge in [-0.3, -0.25) is 9.59 Å². The Morgan fingerprint density at radius 1 is 1.30 bits per heavy atom. The van der Waals surface area contributed by atoms with Crippen molar-refractivity contribution in [1.29, 1.82) is 0 Å². The number of hydrogen-bond donors (Lipinski definition) is 2. The molecule has 1 unspecified atom stereocenters. The highest BCUT2D eigenvalue weighted by atomic mass is 16.2. The minimum atomic E-state index is -0.415. The fourth-order valence-corrected chi connectivity index (χ4v) is 2.92. The molecule has 0 aromatic heterocycles. The fourth-order valence-electron chi connectivity index (χ4n) is 2.92. The molecule has 2 fully saturated rings. The molecular formula is C15H27N3O2. The maximum absolute atomic E-state index is 12.6. The normalized spacial score (nSPS) is 23.2. The number of nitrogens with zero attached hydrogens (tertiary/aromatic N) is 1. The minimum absolute atomic E-state index is 0.0408. The molecule has 2 amide bonds. The number of nitrogens with one attached hydrogen (secondary N) is 2. The highest BCUT2D eigenvalue weighted by molar-refractivity contribution is 5.87. The van der Waals surface area contributed by atoms with E-state index in [2.05, 4.69) is 10.6 Å². The molecule has 5 heteroatoms. The molecule has 0 aromatic carbocycles. The molecular weight excluding hydrogens is 254 g/mol. The molecule has 1 aliphatic heterocycles. The second-order valence-corrected chi connectivity index (χ2v) is 6.77. The van der Waals surface area contributed by atoms with E-state index in [1.807, 2.05) is 13.8 Å². The lowest BCUT2D eigenvalue weighted by Gasteiger charge is -2.38. The second-order valence-electron chi connectivity index (χ2n) is 6.77. The summed E-state index contributed by atoms with van der Waals surface area (Å²) in [4.78, 5) is 26.0. The SMILES string of the molecule is CN(CC(=O)NC1CC1)C(=O)C(C)(C)C1CCCNC1. The van der Waals surface area contributed by atoms with E-state index in [1.54, 1.807) is 11.9 Å². The Kier molecular flexibility index (Phi) is 4.68. The first kappa shape index (κ1) is 15.3. The van der Waals surface area contributed by atoms with Crippen molar-refractivity contribution in [3.8, 4) is 0 Å². The van der Waals surface area contributed by atoms with Crippen molar-refractivity contribution in [3.63, 3.8) is 0 Å². The summed E-state index contributed by atoms with van der Waals surface area (Å²) in [6.45, 7) is 6.10. The monoisotopic (exact) mass is 281 g/mol. The largest absolute Gasteiger partial charge is 0.352 e. The van der Waals surface area contributed by atoms with Crippen molar-refractivity contribution >= 4 is 11.8 Å². The predicted octanol–water partition coefficient (Wildman–Crippen LogP) is 0.749. The zero-order chi connectivity index (χ0) is 14.8. The molecule has 1 saturated heterocycles. The number of hydrogen-bond acceptors (Lipinski definition) is 3. The average molecular weight is 281 g/mol. The first-order valence-electron chi connectivity index (χ1n) is 7.67. The lowest BCUT2D eigenvalue weighted by molar-refractivity contribution is -0.145. The summed E-state index contributed by atoms with van der Waals surface area (Å²) in [7, 11) is 1.73. The molecule has 0 aromatic rings. The number of rotatable bonds is 5. The number of carbonyl (C=O) groups excluding carboxylic acids is 2. The number of amides is 2. The van der Waals surface area contributed by atoms with Crippen LogP contribution in [0.3, 0.4) is 0 Å². The molecule has 2 rings (SSSR count). The molecule has 1 aliphatic carbocycles. The van der Waals surface area contributed by atoms with Crippen LogP contribution >= 0.6 is 0 Å². The third kappa shape index (κ3) is 3.72. The van der Waals surface area contributed by atoms with Gasteiger partial charge in [0.25, 0.3) is 0 Å². The van der Waals surface area contributed by atoms with Crippen LogP contribution in [0.5, 0.6) is 0 Å². The summed E-state index contributed by atoms with van der Waals surface area (Å²) in [6.07, 6.45) is 4.34. The highest BCUT2D eigenvalue weighted by Crippen LogP contribution is 2.33. The summed E-state index contributed by atoms with van der Waals surface area (Å²) >= 11 is 0. The van der Waals surface area contributed by atoms with E-state index in [1.165, 1.54) is 0 Å². The Labute approximate surface area is 121 Å². The minimum Gasteiger partial charge on any atom is -0.352 e. The van der Waals surface area contributed by atoms with Crippen LogP contribution in [0.15, 0.2) is 0 Å². The number of likely N-dealkylation sites (N-methyl/N-ethyl adjacent to an activating group) is 1. The van der Waals surface area contributed by atoms with Crippen LogP contribution in [0.1, 0.15) is 39.5 Å². The molecule has 1 atom stereocenters. The van der Waals surface area contributed by atoms with Crippen molar-refractivity contribution in [2.75, 3.05) is 26.7 Å². The van der Waals surface area contributed by atoms with Crippen molar-refractivity contribution < 1.29 is 9.59 Å². The van der Waals surface area contributed by atoms with E-state index in [0.717, 1.165) is 38.8 Å². The summed E-state index contributed by atoms with van der Waals surface area (Å²) < 4.78 is 0. The van der Waals surface area contributed by atoms with Crippen molar-refractivity contribution in [1.82, 2.24) is 15.5 Å². The third-order valence-electron chi connectivity index (χ3n) is 4.54. The molecule has 20 heavy (non-hydrogen) atoms. The number of piperidine rings is 1. The first-order valence-corrected chi connectivity index (χ1v) is 7.67. The molecule has 0 radical (unpaired) electrons. The van der Waals surface area contributed by atoms with Gasteiger partial charge in [0.2, 0.25) is 11.8 Å². The van der Waals surface area contributed by atoms with E-state index in [-0.39, 0.29) is 18.4 Å². The van der Waals surface area contributed by atoms with E-state index < -0.39 is 5.41 Å². The molecule has 1 heterocycles. The molecule has 114 valence electrons. The van der Waals surface area contributed by atoms with Gasteiger partial charge >= 0.3 is 0 Å². The molecule has 0 bridgehead atoms. The van der Waals surface area contributed by atoms with Crippen LogP contribution in [0.25, 0.3) is 0 Å². The van der Waals surface area contributed by atoms with Gasteiger partial charge in [0.05, 0.1) is 6.54 Å². The Hall–Kier alpha value is -1.10. The Balaban J connectivity index is 1.88. The average Bonchev–Trinajstić information content (AvgIpc) is 3.22. The van der Waals surface area contributed by atoms with E-state index in [9.17, 15) is 9.59 Å². The van der Waals surface area contributed by atoms with Gasteiger partial charge in [-0.25, -0.2) is 0 Å². The van der Waals surface area contributed by atoms with E-state index >= 15 is 0 Å². The third-order valence-corrected chi connectivity index (χ3v) is 4.54. The summed E-state index contributed by atoms with van der Waals surface area (Å²) in [6, 6.07) is 0.349. The predicted molar refractivity (Wildman–Crippen MR) is 78.2 cm³/mol. The van der Waals surface area contributed by atoms with Crippen LogP contribution in [-0.4, -0.2) is 49.4 Å². The molecule has 2 aliphatic rings. The summed E-state index contributed by atoms with van der Waals surface area (Å²) in [5, 5.41) is 6.29. The van der Waals surface area contributed by atoms with Crippen molar-refractivity contribution in [2.24, 2.45) is 11.3 Å². The molecule has 5 nitrogen and oxygen atoms in total. The lowest BCUT2D eigenvalue weighted by Crippen LogP contribution is -2.50. The van der Waals surface area contributed by atoms with Crippen LogP contribution in [0.2, 0.25) is 0 Å².